The van der Waals surface area contributed by atoms with Crippen LogP contribution < -0.4 is 5.32 Å². The Bertz CT molecular complexity index is 110. The lowest BCUT2D eigenvalue weighted by Gasteiger charge is -2.25. The standard InChI is InChI=1S/C10H18N/c1-2-4-9(5-3-1)10-6-7-11-8-10/h10-11H,1-8H2. The smallest absolute Gasteiger partial charge is 0.00145 e. The van der Waals surface area contributed by atoms with Crippen LogP contribution in [0.2, 0.25) is 0 Å². The van der Waals surface area contributed by atoms with E-state index >= 15 is 0 Å². The van der Waals surface area contributed by atoms with Crippen LogP contribution >= 0.6 is 0 Å². The third-order valence-corrected chi connectivity index (χ3v) is 3.13. The van der Waals surface area contributed by atoms with Crippen LogP contribution in [0.25, 0.3) is 0 Å². The normalized spacial score (nSPS) is 34.4. The summed E-state index contributed by atoms with van der Waals surface area (Å²) in [6.07, 6.45) is 8.69. The minimum atomic E-state index is 0.954. The molecule has 63 valence electrons. The summed E-state index contributed by atoms with van der Waals surface area (Å²) in [7, 11) is 0. The Labute approximate surface area is 69.6 Å². The first-order chi connectivity index (χ1) is 5.47. The molecule has 0 aromatic rings. The van der Waals surface area contributed by atoms with E-state index in [9.17, 15) is 0 Å². The molecule has 11 heavy (non-hydrogen) atoms. The molecule has 0 bridgehead atoms. The molecule has 1 aliphatic heterocycles. The maximum atomic E-state index is 3.45. The second-order valence-electron chi connectivity index (χ2n) is 3.91. The molecule has 0 amide bonds. The molecule has 0 spiro atoms. The van der Waals surface area contributed by atoms with E-state index in [4.69, 9.17) is 0 Å². The van der Waals surface area contributed by atoms with Gasteiger partial charge in [-0.3, -0.25) is 0 Å². The highest BCUT2D eigenvalue weighted by Gasteiger charge is 2.26. The van der Waals surface area contributed by atoms with Gasteiger partial charge in [-0.1, -0.05) is 19.3 Å². The van der Waals surface area contributed by atoms with Gasteiger partial charge in [0.15, 0.2) is 0 Å². The molecule has 1 N–H and O–H groups in total. The number of hydrogen-bond acceptors (Lipinski definition) is 1. The minimum Gasteiger partial charge on any atom is -0.316 e. The Morgan fingerprint density at radius 1 is 1.09 bits per heavy atom. The Kier molecular flexibility index (Phi) is 2.47. The summed E-state index contributed by atoms with van der Waals surface area (Å²) in [6.45, 7) is 2.53. The van der Waals surface area contributed by atoms with Crippen LogP contribution in [0.4, 0.5) is 0 Å². The van der Waals surface area contributed by atoms with E-state index in [2.05, 4.69) is 5.32 Å². The van der Waals surface area contributed by atoms with Gasteiger partial charge >= 0.3 is 0 Å². The molecule has 2 rings (SSSR count). The van der Waals surface area contributed by atoms with Gasteiger partial charge in [0.2, 0.25) is 0 Å². The Morgan fingerprint density at radius 2 is 1.91 bits per heavy atom. The molecule has 1 heterocycles. The summed E-state index contributed by atoms with van der Waals surface area (Å²) in [6, 6.07) is 0. The fourth-order valence-electron chi connectivity index (χ4n) is 2.42. The first-order valence-corrected chi connectivity index (χ1v) is 5.02. The van der Waals surface area contributed by atoms with Gasteiger partial charge in [0.25, 0.3) is 0 Å². The van der Waals surface area contributed by atoms with E-state index in [1.165, 1.54) is 51.6 Å². The zero-order chi connectivity index (χ0) is 7.52. The zero-order valence-electron chi connectivity index (χ0n) is 7.23. The van der Waals surface area contributed by atoms with Crippen molar-refractivity contribution in [3.63, 3.8) is 0 Å². The highest BCUT2D eigenvalue weighted by Crippen LogP contribution is 2.34. The third-order valence-electron chi connectivity index (χ3n) is 3.13. The summed E-state index contributed by atoms with van der Waals surface area (Å²) < 4.78 is 0. The molecular weight excluding hydrogens is 134 g/mol. The zero-order valence-corrected chi connectivity index (χ0v) is 7.23. The summed E-state index contributed by atoms with van der Waals surface area (Å²) in [5.41, 5.74) is 0. The van der Waals surface area contributed by atoms with Gasteiger partial charge in [-0.25, -0.2) is 0 Å². The van der Waals surface area contributed by atoms with Crippen molar-refractivity contribution < 1.29 is 0 Å². The van der Waals surface area contributed by atoms with E-state index in [1.807, 2.05) is 5.92 Å². The second-order valence-corrected chi connectivity index (χ2v) is 3.91. The van der Waals surface area contributed by atoms with Gasteiger partial charge in [-0.05, 0) is 44.2 Å². The maximum Gasteiger partial charge on any atom is -0.00145 e. The molecule has 1 saturated heterocycles. The van der Waals surface area contributed by atoms with Gasteiger partial charge in [0, 0.05) is 0 Å². The Hall–Kier alpha value is -0.0400. The molecule has 2 fully saturated rings. The van der Waals surface area contributed by atoms with E-state index in [0.29, 0.717) is 0 Å². The van der Waals surface area contributed by atoms with Crippen molar-refractivity contribution in [1.29, 1.82) is 0 Å². The van der Waals surface area contributed by atoms with Crippen LogP contribution in [0.3, 0.4) is 0 Å². The van der Waals surface area contributed by atoms with E-state index in [-0.39, 0.29) is 0 Å². The fraction of sp³-hybridized carbons (Fsp3) is 0.900. The van der Waals surface area contributed by atoms with Crippen molar-refractivity contribution in [3.05, 3.63) is 5.92 Å². The maximum absolute atomic E-state index is 3.45. The predicted molar refractivity (Wildman–Crippen MR) is 47.3 cm³/mol. The molecule has 1 saturated carbocycles. The summed E-state index contributed by atoms with van der Waals surface area (Å²) in [4.78, 5) is 0. The van der Waals surface area contributed by atoms with Gasteiger partial charge in [0.05, 0.1) is 0 Å². The van der Waals surface area contributed by atoms with Crippen molar-refractivity contribution in [2.24, 2.45) is 5.92 Å². The number of hydrogen-bond donors (Lipinski definition) is 1. The molecule has 1 nitrogen and oxygen atoms in total. The molecule has 0 aromatic carbocycles. The first-order valence-electron chi connectivity index (χ1n) is 5.02. The Balaban J connectivity index is 1.82. The predicted octanol–water partition coefficient (Wildman–Crippen LogP) is 2.13. The van der Waals surface area contributed by atoms with Crippen molar-refractivity contribution >= 4 is 0 Å². The summed E-state index contributed by atoms with van der Waals surface area (Å²) in [5, 5.41) is 3.45. The highest BCUT2D eigenvalue weighted by molar-refractivity contribution is 5.01. The van der Waals surface area contributed by atoms with Gasteiger partial charge < -0.3 is 5.32 Å². The molecule has 0 aromatic heterocycles. The van der Waals surface area contributed by atoms with Crippen LogP contribution in [0.5, 0.6) is 0 Å². The van der Waals surface area contributed by atoms with Crippen LogP contribution in [0.15, 0.2) is 0 Å². The van der Waals surface area contributed by atoms with E-state index < -0.39 is 0 Å². The van der Waals surface area contributed by atoms with Gasteiger partial charge in [0.1, 0.15) is 0 Å². The van der Waals surface area contributed by atoms with Crippen LogP contribution in [0.1, 0.15) is 38.5 Å². The monoisotopic (exact) mass is 152 g/mol. The molecule has 1 atom stereocenters. The number of rotatable bonds is 1. The summed E-state index contributed by atoms with van der Waals surface area (Å²) >= 11 is 0. The SMILES string of the molecule is C1CC[C](C2CCNC2)CC1. The van der Waals surface area contributed by atoms with Crippen LogP contribution in [-0.2, 0) is 0 Å². The van der Waals surface area contributed by atoms with E-state index in [1.54, 1.807) is 0 Å². The molecular formula is C10H18N. The quantitative estimate of drug-likeness (QED) is 0.607. The lowest BCUT2D eigenvalue weighted by atomic mass is 9.80. The second kappa shape index (κ2) is 3.57. The molecule has 1 aliphatic carbocycles. The Morgan fingerprint density at radius 3 is 2.55 bits per heavy atom. The fourth-order valence-corrected chi connectivity index (χ4v) is 2.42. The summed E-state index contributed by atoms with van der Waals surface area (Å²) in [5.74, 6) is 2.83. The van der Waals surface area contributed by atoms with Gasteiger partial charge in [-0.2, -0.15) is 0 Å². The molecule has 1 unspecified atom stereocenters. The first kappa shape index (κ1) is 7.60. The number of nitrogens with one attached hydrogen (secondary N) is 1. The van der Waals surface area contributed by atoms with Crippen molar-refractivity contribution in [1.82, 2.24) is 5.32 Å². The third kappa shape index (κ3) is 1.76. The lowest BCUT2D eigenvalue weighted by molar-refractivity contribution is 0.435. The molecule has 2 aliphatic rings. The topological polar surface area (TPSA) is 12.0 Å². The lowest BCUT2D eigenvalue weighted by Crippen LogP contribution is -2.18. The van der Waals surface area contributed by atoms with Crippen molar-refractivity contribution in [2.45, 2.75) is 38.5 Å². The van der Waals surface area contributed by atoms with Crippen LogP contribution in [-0.4, -0.2) is 13.1 Å². The van der Waals surface area contributed by atoms with Gasteiger partial charge in [-0.15, -0.1) is 0 Å². The average Bonchev–Trinajstić information content (AvgIpc) is 2.58. The van der Waals surface area contributed by atoms with Crippen molar-refractivity contribution in [2.75, 3.05) is 13.1 Å². The average molecular weight is 152 g/mol. The largest absolute Gasteiger partial charge is 0.316 e. The molecule has 1 radical (unpaired) electrons. The van der Waals surface area contributed by atoms with Crippen LogP contribution in [0, 0.1) is 11.8 Å². The highest BCUT2D eigenvalue weighted by atomic mass is 14.9. The van der Waals surface area contributed by atoms with Crippen molar-refractivity contribution in [3.8, 4) is 0 Å². The molecule has 1 heteroatoms. The minimum absolute atomic E-state index is 0.954. The van der Waals surface area contributed by atoms with E-state index in [0.717, 1.165) is 5.92 Å².